The van der Waals surface area contributed by atoms with Gasteiger partial charge in [0.25, 0.3) is 5.91 Å². The van der Waals surface area contributed by atoms with E-state index in [4.69, 9.17) is 4.74 Å². The molecule has 5 nitrogen and oxygen atoms in total. The molecule has 0 saturated heterocycles. The summed E-state index contributed by atoms with van der Waals surface area (Å²) in [7, 11) is 0. The molecule has 2 heterocycles. The van der Waals surface area contributed by atoms with Crippen LogP contribution in [-0.2, 0) is 13.0 Å². The zero-order valence-corrected chi connectivity index (χ0v) is 17.8. The Labute approximate surface area is 175 Å². The van der Waals surface area contributed by atoms with Crippen molar-refractivity contribution in [2.45, 2.75) is 37.8 Å². The van der Waals surface area contributed by atoms with Gasteiger partial charge in [-0.3, -0.25) is 9.48 Å². The lowest BCUT2D eigenvalue weighted by atomic mass is 10.0. The molecule has 1 N–H and O–H groups in total. The highest BCUT2D eigenvalue weighted by Gasteiger charge is 2.24. The molecule has 6 heteroatoms. The molecule has 1 amide bonds. The van der Waals surface area contributed by atoms with E-state index in [-0.39, 0.29) is 12.0 Å². The van der Waals surface area contributed by atoms with Gasteiger partial charge in [-0.05, 0) is 67.1 Å². The molecule has 1 aromatic heterocycles. The maximum absolute atomic E-state index is 12.5. The van der Waals surface area contributed by atoms with Crippen molar-refractivity contribution >= 4 is 17.7 Å². The Morgan fingerprint density at radius 1 is 1.21 bits per heavy atom. The van der Waals surface area contributed by atoms with Gasteiger partial charge in [0.15, 0.2) is 0 Å². The predicted molar refractivity (Wildman–Crippen MR) is 117 cm³/mol. The molecule has 0 aliphatic carbocycles. The summed E-state index contributed by atoms with van der Waals surface area (Å²) in [5.41, 5.74) is 5.01. The first-order chi connectivity index (χ1) is 14.1. The number of hydrogen-bond donors (Lipinski definition) is 1. The van der Waals surface area contributed by atoms with Gasteiger partial charge in [0.2, 0.25) is 0 Å². The van der Waals surface area contributed by atoms with Crippen LogP contribution in [0.3, 0.4) is 0 Å². The van der Waals surface area contributed by atoms with E-state index in [2.05, 4.69) is 53.1 Å². The Kier molecular flexibility index (Phi) is 5.62. The number of aryl methyl sites for hydroxylation is 2. The third kappa shape index (κ3) is 4.17. The van der Waals surface area contributed by atoms with Crippen LogP contribution < -0.4 is 10.1 Å². The molecule has 1 aliphatic rings. The molecule has 1 atom stereocenters. The van der Waals surface area contributed by atoms with Gasteiger partial charge in [0, 0.05) is 17.9 Å². The van der Waals surface area contributed by atoms with E-state index in [0.717, 1.165) is 17.9 Å². The van der Waals surface area contributed by atoms with Gasteiger partial charge in [-0.25, -0.2) is 0 Å². The minimum Gasteiger partial charge on any atom is -0.488 e. The highest BCUT2D eigenvalue weighted by Crippen LogP contribution is 2.33. The summed E-state index contributed by atoms with van der Waals surface area (Å²) in [6.45, 7) is 5.01. The van der Waals surface area contributed by atoms with Crippen LogP contribution in [0, 0.1) is 6.92 Å². The van der Waals surface area contributed by atoms with Gasteiger partial charge in [-0.2, -0.15) is 5.10 Å². The Bertz CT molecular complexity index is 1030. The molecule has 1 unspecified atom stereocenters. The van der Waals surface area contributed by atoms with Crippen LogP contribution in [0.5, 0.6) is 5.75 Å². The highest BCUT2D eigenvalue weighted by molar-refractivity contribution is 7.98. The lowest BCUT2D eigenvalue weighted by Gasteiger charge is -2.12. The Morgan fingerprint density at radius 2 is 1.97 bits per heavy atom. The van der Waals surface area contributed by atoms with Gasteiger partial charge >= 0.3 is 0 Å². The second kappa shape index (κ2) is 8.33. The summed E-state index contributed by atoms with van der Waals surface area (Å²) >= 11 is 1.74. The number of ether oxygens (including phenoxy) is 1. The largest absolute Gasteiger partial charge is 0.488 e. The molecule has 0 radical (unpaired) electrons. The van der Waals surface area contributed by atoms with E-state index in [1.807, 2.05) is 26.0 Å². The van der Waals surface area contributed by atoms with Crippen LogP contribution in [0.4, 0.5) is 0 Å². The Balaban J connectivity index is 1.40. The minimum absolute atomic E-state index is 0.0536. The zero-order chi connectivity index (χ0) is 20.4. The first-order valence-corrected chi connectivity index (χ1v) is 11.1. The molecular weight excluding hydrogens is 382 g/mol. The smallest absolute Gasteiger partial charge is 0.269 e. The van der Waals surface area contributed by atoms with Crippen LogP contribution in [0.15, 0.2) is 53.4 Å². The van der Waals surface area contributed by atoms with Crippen LogP contribution in [0.25, 0.3) is 11.1 Å². The number of carbonyl (C=O) groups excluding carboxylic acids is 1. The number of amides is 1. The van der Waals surface area contributed by atoms with Crippen LogP contribution in [-0.4, -0.2) is 34.6 Å². The van der Waals surface area contributed by atoms with Crippen LogP contribution in [0.1, 0.15) is 28.7 Å². The van der Waals surface area contributed by atoms with Crippen molar-refractivity contribution < 1.29 is 9.53 Å². The number of nitrogens with one attached hydrogen (secondary N) is 1. The van der Waals surface area contributed by atoms with Crippen molar-refractivity contribution in [2.24, 2.45) is 0 Å². The first kappa shape index (κ1) is 19.6. The quantitative estimate of drug-likeness (QED) is 0.618. The second-order valence-corrected chi connectivity index (χ2v) is 8.07. The Hall–Kier alpha value is -2.73. The number of aromatic nitrogens is 2. The number of hydrogen-bond acceptors (Lipinski definition) is 4. The summed E-state index contributed by atoms with van der Waals surface area (Å²) in [4.78, 5) is 13.8. The maximum Gasteiger partial charge on any atom is 0.269 e. The number of thioether (sulfide) groups is 1. The monoisotopic (exact) mass is 407 g/mol. The predicted octanol–water partition coefficient (Wildman–Crippen LogP) is 4.33. The van der Waals surface area contributed by atoms with Gasteiger partial charge in [0.05, 0.1) is 12.2 Å². The van der Waals surface area contributed by atoms with E-state index in [1.165, 1.54) is 21.6 Å². The van der Waals surface area contributed by atoms with Crippen molar-refractivity contribution in [3.8, 4) is 16.9 Å². The second-order valence-electron chi connectivity index (χ2n) is 7.19. The van der Waals surface area contributed by atoms with Gasteiger partial charge in [0.1, 0.15) is 17.5 Å². The number of benzene rings is 2. The molecule has 3 aromatic rings. The fourth-order valence-corrected chi connectivity index (χ4v) is 4.07. The maximum atomic E-state index is 12.5. The average molecular weight is 408 g/mol. The molecule has 4 rings (SSSR count). The van der Waals surface area contributed by atoms with E-state index in [9.17, 15) is 4.79 Å². The standard InChI is InChI=1S/C23H25N3O2S/c1-4-26-21(11-15(2)25-26)23(27)24-14-19-13-18-12-17(7-10-22(18)28-19)16-5-8-20(29-3)9-6-16/h5-12,19H,4,13-14H2,1-3H3,(H,24,27). The summed E-state index contributed by atoms with van der Waals surface area (Å²) in [6, 6.07) is 16.7. The fraction of sp³-hybridized carbons (Fsp3) is 0.304. The third-order valence-corrected chi connectivity index (χ3v) is 5.89. The lowest BCUT2D eigenvalue weighted by molar-refractivity contribution is 0.0923. The molecule has 0 spiro atoms. The molecule has 150 valence electrons. The van der Waals surface area contributed by atoms with Crippen molar-refractivity contribution in [3.05, 3.63) is 65.5 Å². The number of nitrogens with zero attached hydrogens (tertiary/aromatic N) is 2. The molecule has 1 aliphatic heterocycles. The highest BCUT2D eigenvalue weighted by atomic mass is 32.2. The summed E-state index contributed by atoms with van der Waals surface area (Å²) < 4.78 is 7.77. The third-order valence-electron chi connectivity index (χ3n) is 5.15. The van der Waals surface area contributed by atoms with Crippen molar-refractivity contribution in [3.63, 3.8) is 0 Å². The average Bonchev–Trinajstić information content (AvgIpc) is 3.34. The summed E-state index contributed by atoms with van der Waals surface area (Å²) in [6.07, 6.45) is 2.82. The van der Waals surface area contributed by atoms with E-state index in [0.29, 0.717) is 18.8 Å². The van der Waals surface area contributed by atoms with Gasteiger partial charge in [-0.1, -0.05) is 18.2 Å². The first-order valence-electron chi connectivity index (χ1n) is 9.84. The number of fused-ring (bicyclic) bond motifs is 1. The number of carbonyl (C=O) groups is 1. The minimum atomic E-state index is -0.110. The number of rotatable bonds is 6. The molecule has 0 fully saturated rings. The Morgan fingerprint density at radius 3 is 2.69 bits per heavy atom. The molecule has 2 aromatic carbocycles. The molecular formula is C23H25N3O2S. The topological polar surface area (TPSA) is 56.2 Å². The van der Waals surface area contributed by atoms with E-state index >= 15 is 0 Å². The SMILES string of the molecule is CCn1nc(C)cc1C(=O)NCC1Cc2cc(-c3ccc(SC)cc3)ccc2O1. The van der Waals surface area contributed by atoms with Gasteiger partial charge < -0.3 is 10.1 Å². The van der Waals surface area contributed by atoms with Crippen LogP contribution >= 0.6 is 11.8 Å². The summed E-state index contributed by atoms with van der Waals surface area (Å²) in [5, 5.41) is 7.33. The summed E-state index contributed by atoms with van der Waals surface area (Å²) in [5.74, 6) is 0.796. The normalized spacial score (nSPS) is 15.1. The van der Waals surface area contributed by atoms with Crippen molar-refractivity contribution in [1.82, 2.24) is 15.1 Å². The fourth-order valence-electron chi connectivity index (χ4n) is 3.66. The van der Waals surface area contributed by atoms with E-state index < -0.39 is 0 Å². The van der Waals surface area contributed by atoms with E-state index in [1.54, 1.807) is 16.4 Å². The van der Waals surface area contributed by atoms with Gasteiger partial charge in [-0.15, -0.1) is 11.8 Å². The molecule has 0 bridgehead atoms. The lowest BCUT2D eigenvalue weighted by Crippen LogP contribution is -2.35. The zero-order valence-electron chi connectivity index (χ0n) is 16.9. The molecule has 0 saturated carbocycles. The van der Waals surface area contributed by atoms with Crippen molar-refractivity contribution in [1.29, 1.82) is 0 Å². The molecule has 29 heavy (non-hydrogen) atoms. The van der Waals surface area contributed by atoms with Crippen LogP contribution in [0.2, 0.25) is 0 Å². The van der Waals surface area contributed by atoms with Crippen molar-refractivity contribution in [2.75, 3.05) is 12.8 Å².